The highest BCUT2D eigenvalue weighted by Crippen LogP contribution is 2.32. The van der Waals surface area contributed by atoms with Crippen LogP contribution in [0.4, 0.5) is 0 Å². The monoisotopic (exact) mass is 352 g/mol. The van der Waals surface area contributed by atoms with Crippen molar-refractivity contribution in [1.29, 1.82) is 0 Å². The summed E-state index contributed by atoms with van der Waals surface area (Å²) in [5, 5.41) is 3.38. The van der Waals surface area contributed by atoms with E-state index in [4.69, 9.17) is 0 Å². The van der Waals surface area contributed by atoms with Crippen molar-refractivity contribution in [3.05, 3.63) is 14.7 Å². The molecule has 0 unspecified atom stereocenters. The molecule has 0 spiro atoms. The predicted molar refractivity (Wildman–Crippen MR) is 77.4 cm³/mol. The summed E-state index contributed by atoms with van der Waals surface area (Å²) in [6.07, 6.45) is 3.25. The summed E-state index contributed by atoms with van der Waals surface area (Å²) < 4.78 is 27.3. The van der Waals surface area contributed by atoms with E-state index in [0.717, 1.165) is 17.8 Å². The van der Waals surface area contributed by atoms with Gasteiger partial charge in [-0.1, -0.05) is 6.92 Å². The van der Waals surface area contributed by atoms with E-state index in [-0.39, 0.29) is 0 Å². The topological polar surface area (TPSA) is 58.2 Å². The summed E-state index contributed by atoms with van der Waals surface area (Å²) in [4.78, 5) is 1.40. The van der Waals surface area contributed by atoms with E-state index >= 15 is 0 Å². The van der Waals surface area contributed by atoms with Crippen LogP contribution in [0.2, 0.25) is 0 Å². The van der Waals surface area contributed by atoms with Crippen LogP contribution in [0.15, 0.2) is 14.7 Å². The van der Waals surface area contributed by atoms with Crippen LogP contribution < -0.4 is 10.0 Å². The molecule has 0 atom stereocenters. The fraction of sp³-hybridized carbons (Fsp3) is 0.636. The van der Waals surface area contributed by atoms with Crippen molar-refractivity contribution in [3.8, 4) is 0 Å². The van der Waals surface area contributed by atoms with E-state index in [9.17, 15) is 8.42 Å². The van der Waals surface area contributed by atoms with Gasteiger partial charge in [-0.2, -0.15) is 0 Å². The van der Waals surface area contributed by atoms with Gasteiger partial charge < -0.3 is 5.32 Å². The van der Waals surface area contributed by atoms with E-state index in [1.165, 1.54) is 24.2 Å². The number of rotatable bonds is 7. The molecule has 0 aliphatic heterocycles. The smallest absolute Gasteiger partial charge is 0.242 e. The average molecular weight is 353 g/mol. The first-order valence-corrected chi connectivity index (χ1v) is 9.13. The fourth-order valence-electron chi connectivity index (χ4n) is 1.51. The molecule has 7 heteroatoms. The van der Waals surface area contributed by atoms with Crippen LogP contribution in [0, 0.1) is 0 Å². The van der Waals surface area contributed by atoms with Gasteiger partial charge in [-0.05, 0) is 41.3 Å². The van der Waals surface area contributed by atoms with Gasteiger partial charge in [0.2, 0.25) is 10.0 Å². The third kappa shape index (κ3) is 3.77. The van der Waals surface area contributed by atoms with Crippen LogP contribution in [-0.2, 0) is 16.6 Å². The van der Waals surface area contributed by atoms with Crippen LogP contribution in [0.25, 0.3) is 0 Å². The van der Waals surface area contributed by atoms with E-state index in [2.05, 4.69) is 26.0 Å². The van der Waals surface area contributed by atoms with Crippen molar-refractivity contribution >= 4 is 37.3 Å². The zero-order chi connectivity index (χ0) is 13.2. The molecule has 2 rings (SSSR count). The molecule has 0 amide bonds. The maximum Gasteiger partial charge on any atom is 0.242 e. The first-order valence-electron chi connectivity index (χ1n) is 6.04. The van der Waals surface area contributed by atoms with Gasteiger partial charge >= 0.3 is 0 Å². The summed E-state index contributed by atoms with van der Waals surface area (Å²) >= 11 is 4.82. The van der Waals surface area contributed by atoms with Crippen molar-refractivity contribution in [2.24, 2.45) is 0 Å². The number of nitrogens with one attached hydrogen (secondary N) is 2. The molecular formula is C11H17BrN2O2S2. The van der Waals surface area contributed by atoms with E-state index in [1.54, 1.807) is 6.07 Å². The van der Waals surface area contributed by atoms with Gasteiger partial charge in [0.25, 0.3) is 0 Å². The number of hydrogen-bond acceptors (Lipinski definition) is 4. The molecule has 1 aromatic rings. The zero-order valence-electron chi connectivity index (χ0n) is 10.2. The maximum absolute atomic E-state index is 12.0. The van der Waals surface area contributed by atoms with E-state index < -0.39 is 10.0 Å². The largest absolute Gasteiger partial charge is 0.309 e. The van der Waals surface area contributed by atoms with Gasteiger partial charge in [-0.25, -0.2) is 13.1 Å². The average Bonchev–Trinajstić information content (AvgIpc) is 3.07. The molecule has 1 aliphatic rings. The molecule has 0 radical (unpaired) electrons. The predicted octanol–water partition coefficient (Wildman–Crippen LogP) is 2.45. The highest BCUT2D eigenvalue weighted by Gasteiger charge is 2.23. The molecule has 4 nitrogen and oxygen atoms in total. The van der Waals surface area contributed by atoms with Gasteiger partial charge in [0.05, 0.1) is 3.79 Å². The summed E-state index contributed by atoms with van der Waals surface area (Å²) in [7, 11) is -3.37. The van der Waals surface area contributed by atoms with Crippen LogP contribution in [0.5, 0.6) is 0 Å². The van der Waals surface area contributed by atoms with Crippen LogP contribution in [0.3, 0.4) is 0 Å². The Morgan fingerprint density at radius 2 is 2.22 bits per heavy atom. The highest BCUT2D eigenvalue weighted by atomic mass is 79.9. The Hall–Kier alpha value is 0.0500. The quantitative estimate of drug-likeness (QED) is 0.792. The van der Waals surface area contributed by atoms with Gasteiger partial charge in [-0.3, -0.25) is 0 Å². The number of thiophene rings is 1. The maximum atomic E-state index is 12.0. The Morgan fingerprint density at radius 1 is 1.50 bits per heavy atom. The first-order chi connectivity index (χ1) is 8.53. The van der Waals surface area contributed by atoms with Crippen LogP contribution in [-0.4, -0.2) is 21.0 Å². The van der Waals surface area contributed by atoms with Gasteiger partial charge in [0.15, 0.2) is 0 Å². The normalized spacial score (nSPS) is 16.1. The molecule has 2 N–H and O–H groups in total. The second kappa shape index (κ2) is 6.00. The molecule has 1 aromatic heterocycles. The highest BCUT2D eigenvalue weighted by molar-refractivity contribution is 9.11. The molecule has 0 bridgehead atoms. The van der Waals surface area contributed by atoms with Crippen molar-refractivity contribution in [2.45, 2.75) is 43.7 Å². The molecule has 18 heavy (non-hydrogen) atoms. The summed E-state index contributed by atoms with van der Waals surface area (Å²) in [6.45, 7) is 3.16. The minimum absolute atomic E-state index is 0.355. The summed E-state index contributed by atoms with van der Waals surface area (Å²) in [6, 6.07) is 2.38. The molecular weight excluding hydrogens is 336 g/mol. The molecule has 0 saturated heterocycles. The fourth-order valence-corrected chi connectivity index (χ4v) is 5.28. The lowest BCUT2D eigenvalue weighted by molar-refractivity contribution is 0.580. The van der Waals surface area contributed by atoms with Crippen molar-refractivity contribution in [1.82, 2.24) is 10.0 Å². The second-order valence-corrected chi connectivity index (χ2v) is 8.59. The number of sulfonamides is 1. The molecule has 1 saturated carbocycles. The van der Waals surface area contributed by atoms with Crippen molar-refractivity contribution in [3.63, 3.8) is 0 Å². The van der Waals surface area contributed by atoms with Crippen LogP contribution in [0.1, 0.15) is 31.1 Å². The standard InChI is InChI=1S/C11H17BrN2O2S2/c1-2-5-14-18(15,16)10-6-9(17-11(10)12)7-13-8-3-4-8/h6,8,13-14H,2-5,7H2,1H3. The third-order valence-corrected chi connectivity index (χ3v) is 6.39. The van der Waals surface area contributed by atoms with E-state index in [0.29, 0.717) is 21.3 Å². The van der Waals surface area contributed by atoms with Gasteiger partial charge in [0.1, 0.15) is 4.90 Å². The molecule has 102 valence electrons. The van der Waals surface area contributed by atoms with Crippen molar-refractivity contribution < 1.29 is 8.42 Å². The van der Waals surface area contributed by atoms with E-state index in [1.807, 2.05) is 6.92 Å². The summed E-state index contributed by atoms with van der Waals surface area (Å²) in [5.74, 6) is 0. The lowest BCUT2D eigenvalue weighted by atomic mass is 10.4. The summed E-state index contributed by atoms with van der Waals surface area (Å²) in [5.41, 5.74) is 0. The Morgan fingerprint density at radius 3 is 2.83 bits per heavy atom. The second-order valence-electron chi connectivity index (χ2n) is 4.40. The Kier molecular flexibility index (Phi) is 4.82. The Balaban J connectivity index is 2.07. The molecule has 1 fully saturated rings. The minimum Gasteiger partial charge on any atom is -0.309 e. The van der Waals surface area contributed by atoms with Gasteiger partial charge in [0, 0.05) is 24.0 Å². The molecule has 0 aromatic carbocycles. The number of hydrogen-bond donors (Lipinski definition) is 2. The van der Waals surface area contributed by atoms with Crippen LogP contribution >= 0.6 is 27.3 Å². The van der Waals surface area contributed by atoms with Crippen molar-refractivity contribution in [2.75, 3.05) is 6.54 Å². The number of halogens is 1. The van der Waals surface area contributed by atoms with Gasteiger partial charge in [-0.15, -0.1) is 11.3 Å². The minimum atomic E-state index is -3.37. The Labute approximate surface area is 120 Å². The SMILES string of the molecule is CCCNS(=O)(=O)c1cc(CNC2CC2)sc1Br. The molecule has 1 heterocycles. The first kappa shape index (κ1) is 14.5. The lowest BCUT2D eigenvalue weighted by Crippen LogP contribution is -2.24. The third-order valence-electron chi connectivity index (χ3n) is 2.68. The molecule has 1 aliphatic carbocycles. The lowest BCUT2D eigenvalue weighted by Gasteiger charge is -2.03. The Bertz CT molecular complexity index is 509. The zero-order valence-corrected chi connectivity index (χ0v) is 13.4.